The average Bonchev–Trinajstić information content (AvgIpc) is 3.56. The van der Waals surface area contributed by atoms with Crippen molar-refractivity contribution in [3.63, 3.8) is 0 Å². The number of H-pyrrole nitrogens is 2. The summed E-state index contributed by atoms with van der Waals surface area (Å²) in [4.78, 5) is 41.3. The zero-order valence-electron chi connectivity index (χ0n) is 20.7. The number of carbonyl (C=O) groups is 1. The van der Waals surface area contributed by atoms with Crippen molar-refractivity contribution in [1.29, 1.82) is 0 Å². The highest BCUT2D eigenvalue weighted by Gasteiger charge is 2.29. The lowest BCUT2D eigenvalue weighted by Crippen LogP contribution is -2.53. The lowest BCUT2D eigenvalue weighted by atomic mass is 10.0. The summed E-state index contributed by atoms with van der Waals surface area (Å²) >= 11 is 0. The number of aromatic amines is 2. The Balaban J connectivity index is 1.34. The third kappa shape index (κ3) is 4.00. The number of piperazine rings is 1. The highest BCUT2D eigenvalue weighted by atomic mass is 16.5. The second-order valence-electron chi connectivity index (χ2n) is 9.97. The molecule has 4 aromatic rings. The van der Waals surface area contributed by atoms with Crippen LogP contribution in [-0.4, -0.2) is 79.3 Å². The van der Waals surface area contributed by atoms with Gasteiger partial charge < -0.3 is 19.6 Å². The molecule has 5 heterocycles. The fraction of sp³-hybridized carbons (Fsp3) is 0.462. The van der Waals surface area contributed by atoms with E-state index >= 15 is 0 Å². The molecule has 1 amide bonds. The fourth-order valence-corrected chi connectivity index (χ4v) is 5.59. The monoisotopic (exact) mass is 489 g/mol. The molecule has 3 aromatic heterocycles. The summed E-state index contributed by atoms with van der Waals surface area (Å²) < 4.78 is 7.50. The molecule has 2 N–H and O–H groups in total. The van der Waals surface area contributed by atoms with E-state index in [9.17, 15) is 9.59 Å². The zero-order valence-corrected chi connectivity index (χ0v) is 20.7. The molecule has 0 radical (unpaired) electrons. The van der Waals surface area contributed by atoms with Gasteiger partial charge in [-0.1, -0.05) is 0 Å². The number of carbonyl (C=O) groups excluding carboxylic acids is 1. The van der Waals surface area contributed by atoms with E-state index in [4.69, 9.17) is 4.74 Å². The molecule has 10 nitrogen and oxygen atoms in total. The Kier molecular flexibility index (Phi) is 5.85. The lowest BCUT2D eigenvalue weighted by molar-refractivity contribution is 0.0489. The van der Waals surface area contributed by atoms with Crippen LogP contribution in [0.3, 0.4) is 0 Å². The second-order valence-corrected chi connectivity index (χ2v) is 9.97. The first-order chi connectivity index (χ1) is 17.5. The van der Waals surface area contributed by atoms with Crippen molar-refractivity contribution in [2.75, 3.05) is 32.8 Å². The maximum Gasteiger partial charge on any atom is 0.259 e. The third-order valence-corrected chi connectivity index (χ3v) is 7.64. The Labute approximate surface area is 208 Å². The van der Waals surface area contributed by atoms with Crippen molar-refractivity contribution in [1.82, 2.24) is 34.5 Å². The van der Waals surface area contributed by atoms with E-state index in [2.05, 4.69) is 31.9 Å². The van der Waals surface area contributed by atoms with E-state index in [0.29, 0.717) is 37.3 Å². The van der Waals surface area contributed by atoms with Crippen LogP contribution in [0.4, 0.5) is 0 Å². The normalized spacial score (nSPS) is 19.9. The van der Waals surface area contributed by atoms with Crippen LogP contribution in [0.25, 0.3) is 21.8 Å². The van der Waals surface area contributed by atoms with Gasteiger partial charge in [-0.25, -0.2) is 4.98 Å². The minimum atomic E-state index is -0.157. The van der Waals surface area contributed by atoms with Crippen molar-refractivity contribution in [2.45, 2.75) is 45.3 Å². The number of imidazole rings is 1. The number of hydrogen-bond acceptors (Lipinski definition) is 6. The molecule has 36 heavy (non-hydrogen) atoms. The van der Waals surface area contributed by atoms with E-state index < -0.39 is 0 Å². The first kappa shape index (κ1) is 22.9. The minimum absolute atomic E-state index is 0.0235. The standard InChI is InChI=1S/C26H31N7O3/c1-16-11-22-20(24-21(25(34)30-22)13-29-33(24)18-3-9-36-10-4-18)12-19(16)26(35)32-8-7-31(17(2)14-32)15-23-27-5-6-28-23/h5-6,11-13,17-18H,3-4,7-10,14-15H2,1-2H3,(H,27,28)(H,30,34)/t17-/m0/s1. The molecule has 188 valence electrons. The van der Waals surface area contributed by atoms with Crippen molar-refractivity contribution in [3.8, 4) is 0 Å². The number of benzene rings is 1. The molecule has 1 aromatic carbocycles. The van der Waals surface area contributed by atoms with Crippen LogP contribution in [-0.2, 0) is 11.3 Å². The summed E-state index contributed by atoms with van der Waals surface area (Å²) in [7, 11) is 0. The third-order valence-electron chi connectivity index (χ3n) is 7.64. The van der Waals surface area contributed by atoms with E-state index in [1.807, 2.05) is 34.8 Å². The van der Waals surface area contributed by atoms with Gasteiger partial charge in [-0.2, -0.15) is 5.10 Å². The largest absolute Gasteiger partial charge is 0.381 e. The van der Waals surface area contributed by atoms with E-state index in [-0.39, 0.29) is 23.6 Å². The molecule has 0 aliphatic carbocycles. The molecule has 0 unspecified atom stereocenters. The average molecular weight is 490 g/mol. The summed E-state index contributed by atoms with van der Waals surface area (Å²) in [5.74, 6) is 0.960. The lowest BCUT2D eigenvalue weighted by Gasteiger charge is -2.39. The maximum absolute atomic E-state index is 13.7. The molecular formula is C26H31N7O3. The van der Waals surface area contributed by atoms with Crippen molar-refractivity contribution >= 4 is 27.7 Å². The molecule has 0 saturated carbocycles. The number of aromatic nitrogens is 5. The molecule has 2 saturated heterocycles. The smallest absolute Gasteiger partial charge is 0.259 e. The maximum atomic E-state index is 13.7. The van der Waals surface area contributed by atoms with Gasteiger partial charge in [0.2, 0.25) is 0 Å². The SMILES string of the molecule is Cc1cc2[nH]c(=O)c3cnn(C4CCOCC4)c3c2cc1C(=O)N1CCN(Cc2ncc[nH]2)[C@@H](C)C1. The van der Waals surface area contributed by atoms with Gasteiger partial charge in [0.05, 0.1) is 35.2 Å². The van der Waals surface area contributed by atoms with Gasteiger partial charge in [-0.3, -0.25) is 19.2 Å². The van der Waals surface area contributed by atoms with E-state index in [1.165, 1.54) is 0 Å². The Bertz CT molecular complexity index is 1470. The molecule has 2 aliphatic rings. The van der Waals surface area contributed by atoms with Crippen molar-refractivity contribution in [2.24, 2.45) is 0 Å². The Morgan fingerprint density at radius 2 is 2.03 bits per heavy atom. The number of nitrogens with zero attached hydrogens (tertiary/aromatic N) is 5. The number of amides is 1. The highest BCUT2D eigenvalue weighted by molar-refractivity contribution is 6.07. The van der Waals surface area contributed by atoms with Gasteiger partial charge in [0.15, 0.2) is 0 Å². The Hall–Kier alpha value is -3.50. The van der Waals surface area contributed by atoms with Gasteiger partial charge in [0, 0.05) is 62.2 Å². The van der Waals surface area contributed by atoms with Gasteiger partial charge in [0.25, 0.3) is 11.5 Å². The predicted molar refractivity (Wildman–Crippen MR) is 136 cm³/mol. The van der Waals surface area contributed by atoms with E-state index in [1.54, 1.807) is 12.4 Å². The number of fused-ring (bicyclic) bond motifs is 3. The Morgan fingerprint density at radius 3 is 2.78 bits per heavy atom. The van der Waals surface area contributed by atoms with Gasteiger partial charge in [0.1, 0.15) is 5.82 Å². The van der Waals surface area contributed by atoms with Gasteiger partial charge >= 0.3 is 0 Å². The summed E-state index contributed by atoms with van der Waals surface area (Å²) in [6, 6.07) is 4.25. The molecule has 10 heteroatoms. The van der Waals surface area contributed by atoms with Crippen LogP contribution >= 0.6 is 0 Å². The van der Waals surface area contributed by atoms with Crippen LogP contribution in [0, 0.1) is 6.92 Å². The summed E-state index contributed by atoms with van der Waals surface area (Å²) in [6.07, 6.45) is 6.94. The summed E-state index contributed by atoms with van der Waals surface area (Å²) in [6.45, 7) is 8.28. The second kappa shape index (κ2) is 9.18. The van der Waals surface area contributed by atoms with Crippen LogP contribution in [0.2, 0.25) is 0 Å². The molecule has 6 rings (SSSR count). The summed E-state index contributed by atoms with van der Waals surface area (Å²) in [5, 5.41) is 6.00. The van der Waals surface area contributed by atoms with Crippen LogP contribution in [0.5, 0.6) is 0 Å². The number of pyridine rings is 1. The molecule has 1 atom stereocenters. The number of ether oxygens (including phenoxy) is 1. The molecule has 0 spiro atoms. The molecule has 0 bridgehead atoms. The first-order valence-corrected chi connectivity index (χ1v) is 12.6. The number of hydrogen-bond donors (Lipinski definition) is 2. The highest BCUT2D eigenvalue weighted by Crippen LogP contribution is 2.30. The van der Waals surface area contributed by atoms with Gasteiger partial charge in [-0.15, -0.1) is 0 Å². The molecule has 2 fully saturated rings. The summed E-state index contributed by atoms with van der Waals surface area (Å²) in [5.41, 5.74) is 2.89. The van der Waals surface area contributed by atoms with Crippen molar-refractivity contribution < 1.29 is 9.53 Å². The van der Waals surface area contributed by atoms with Crippen LogP contribution in [0.1, 0.15) is 47.6 Å². The molecular weight excluding hydrogens is 458 g/mol. The fourth-order valence-electron chi connectivity index (χ4n) is 5.59. The minimum Gasteiger partial charge on any atom is -0.381 e. The zero-order chi connectivity index (χ0) is 24.8. The quantitative estimate of drug-likeness (QED) is 0.456. The molecule has 2 aliphatic heterocycles. The number of aryl methyl sites for hydroxylation is 1. The Morgan fingerprint density at radius 1 is 1.19 bits per heavy atom. The van der Waals surface area contributed by atoms with Crippen LogP contribution < -0.4 is 5.56 Å². The first-order valence-electron chi connectivity index (χ1n) is 12.6. The van der Waals surface area contributed by atoms with E-state index in [0.717, 1.165) is 53.7 Å². The topological polar surface area (TPSA) is 112 Å². The van der Waals surface area contributed by atoms with Gasteiger partial charge in [-0.05, 0) is 44.4 Å². The van der Waals surface area contributed by atoms with Crippen LogP contribution in [0.15, 0.2) is 35.5 Å². The predicted octanol–water partition coefficient (Wildman–Crippen LogP) is 2.61. The number of rotatable bonds is 4. The number of nitrogens with one attached hydrogen (secondary N) is 2. The van der Waals surface area contributed by atoms with Crippen molar-refractivity contribution in [3.05, 3.63) is 58.0 Å².